The number of hydrogen-bond donors (Lipinski definition) is 1. The normalized spacial score (nSPS) is 20.5. The maximum Gasteiger partial charge on any atom is 0.142 e. The lowest BCUT2D eigenvalue weighted by atomic mass is 10.1. The third kappa shape index (κ3) is 3.19. The van der Waals surface area contributed by atoms with E-state index in [1.807, 2.05) is 0 Å². The fourth-order valence-electron chi connectivity index (χ4n) is 2.70. The van der Waals surface area contributed by atoms with E-state index in [1.165, 1.54) is 31.7 Å². The molecule has 2 heterocycles. The highest BCUT2D eigenvalue weighted by atomic mass is 16.5. The lowest BCUT2D eigenvalue weighted by molar-refractivity contribution is 0.155. The number of nitrogens with one attached hydrogen (secondary N) is 1. The molecular formula is C15H23N3O. The summed E-state index contributed by atoms with van der Waals surface area (Å²) >= 11 is 0. The SMILES string of the molecule is CN1CCN(CCc2ccc3c(c2)NCCO3)CC1. The topological polar surface area (TPSA) is 27.7 Å². The van der Waals surface area contributed by atoms with E-state index in [0.29, 0.717) is 0 Å². The quantitative estimate of drug-likeness (QED) is 0.887. The predicted octanol–water partition coefficient (Wildman–Crippen LogP) is 1.28. The average molecular weight is 261 g/mol. The van der Waals surface area contributed by atoms with Crippen molar-refractivity contribution in [3.05, 3.63) is 23.8 Å². The van der Waals surface area contributed by atoms with Crippen molar-refractivity contribution in [2.75, 3.05) is 58.2 Å². The van der Waals surface area contributed by atoms with Crippen LogP contribution in [0.3, 0.4) is 0 Å². The molecule has 2 aliphatic heterocycles. The number of hydrogen-bond acceptors (Lipinski definition) is 4. The molecule has 1 N–H and O–H groups in total. The summed E-state index contributed by atoms with van der Waals surface area (Å²) in [5.41, 5.74) is 2.55. The molecule has 1 saturated heterocycles. The number of fused-ring (bicyclic) bond motifs is 1. The molecule has 0 unspecified atom stereocenters. The van der Waals surface area contributed by atoms with Crippen LogP contribution < -0.4 is 10.1 Å². The summed E-state index contributed by atoms with van der Waals surface area (Å²) in [5.74, 6) is 0.995. The van der Waals surface area contributed by atoms with Gasteiger partial charge in [0.05, 0.1) is 5.69 Å². The highest BCUT2D eigenvalue weighted by Crippen LogP contribution is 2.28. The summed E-state index contributed by atoms with van der Waals surface area (Å²) in [6, 6.07) is 6.53. The molecule has 4 heteroatoms. The largest absolute Gasteiger partial charge is 0.490 e. The van der Waals surface area contributed by atoms with Gasteiger partial charge in [0.15, 0.2) is 0 Å². The van der Waals surface area contributed by atoms with Gasteiger partial charge in [-0.1, -0.05) is 6.07 Å². The number of piperazine rings is 1. The molecule has 0 saturated carbocycles. The van der Waals surface area contributed by atoms with Crippen molar-refractivity contribution in [1.29, 1.82) is 0 Å². The maximum atomic E-state index is 5.61. The minimum Gasteiger partial charge on any atom is -0.490 e. The van der Waals surface area contributed by atoms with Crippen molar-refractivity contribution in [1.82, 2.24) is 9.80 Å². The van der Waals surface area contributed by atoms with Gasteiger partial charge in [-0.15, -0.1) is 0 Å². The monoisotopic (exact) mass is 261 g/mol. The molecule has 4 nitrogen and oxygen atoms in total. The van der Waals surface area contributed by atoms with Gasteiger partial charge >= 0.3 is 0 Å². The first-order valence-electron chi connectivity index (χ1n) is 7.22. The second-order valence-corrected chi connectivity index (χ2v) is 5.50. The second-order valence-electron chi connectivity index (χ2n) is 5.50. The zero-order valence-corrected chi connectivity index (χ0v) is 11.7. The Bertz CT molecular complexity index is 427. The highest BCUT2D eigenvalue weighted by molar-refractivity contribution is 5.59. The Morgan fingerprint density at radius 1 is 1.21 bits per heavy atom. The Morgan fingerprint density at radius 3 is 2.89 bits per heavy atom. The van der Waals surface area contributed by atoms with E-state index >= 15 is 0 Å². The van der Waals surface area contributed by atoms with Crippen molar-refractivity contribution in [2.45, 2.75) is 6.42 Å². The van der Waals surface area contributed by atoms with Crippen molar-refractivity contribution in [3.63, 3.8) is 0 Å². The van der Waals surface area contributed by atoms with Gasteiger partial charge in [0.2, 0.25) is 0 Å². The standard InChI is InChI=1S/C15H23N3O/c1-17-7-9-18(10-8-17)6-4-13-2-3-15-14(12-13)16-5-11-19-15/h2-3,12,16H,4-11H2,1H3. The van der Waals surface area contributed by atoms with Crippen molar-refractivity contribution in [3.8, 4) is 5.75 Å². The minimum absolute atomic E-state index is 0.771. The van der Waals surface area contributed by atoms with E-state index in [1.54, 1.807) is 0 Å². The van der Waals surface area contributed by atoms with Crippen LogP contribution in [0.25, 0.3) is 0 Å². The van der Waals surface area contributed by atoms with Crippen LogP contribution in [-0.4, -0.2) is 62.7 Å². The van der Waals surface area contributed by atoms with Crippen LogP contribution in [0, 0.1) is 0 Å². The Labute approximate surface area is 115 Å². The zero-order chi connectivity index (χ0) is 13.1. The van der Waals surface area contributed by atoms with Crippen LogP contribution >= 0.6 is 0 Å². The van der Waals surface area contributed by atoms with Crippen LogP contribution in [0.4, 0.5) is 5.69 Å². The minimum atomic E-state index is 0.771. The Balaban J connectivity index is 1.55. The summed E-state index contributed by atoms with van der Waals surface area (Å²) in [6.07, 6.45) is 1.12. The third-order valence-corrected chi connectivity index (χ3v) is 4.03. The van der Waals surface area contributed by atoms with Gasteiger partial charge in [0, 0.05) is 39.3 Å². The molecule has 0 bridgehead atoms. The molecule has 0 amide bonds. The van der Waals surface area contributed by atoms with Crippen molar-refractivity contribution < 1.29 is 4.74 Å². The van der Waals surface area contributed by atoms with Crippen LogP contribution in [0.1, 0.15) is 5.56 Å². The van der Waals surface area contributed by atoms with Crippen LogP contribution in [0.2, 0.25) is 0 Å². The van der Waals surface area contributed by atoms with E-state index in [-0.39, 0.29) is 0 Å². The first-order valence-corrected chi connectivity index (χ1v) is 7.22. The lowest BCUT2D eigenvalue weighted by Crippen LogP contribution is -2.45. The average Bonchev–Trinajstić information content (AvgIpc) is 2.46. The predicted molar refractivity (Wildman–Crippen MR) is 78.1 cm³/mol. The third-order valence-electron chi connectivity index (χ3n) is 4.03. The molecular weight excluding hydrogens is 238 g/mol. The molecule has 1 fully saturated rings. The Kier molecular flexibility index (Phi) is 3.89. The molecule has 0 atom stereocenters. The van der Waals surface area contributed by atoms with Crippen LogP contribution in [0.5, 0.6) is 5.75 Å². The maximum absolute atomic E-state index is 5.61. The van der Waals surface area contributed by atoms with E-state index < -0.39 is 0 Å². The molecule has 19 heavy (non-hydrogen) atoms. The van der Waals surface area contributed by atoms with Crippen LogP contribution in [-0.2, 0) is 6.42 Å². The number of anilines is 1. The molecule has 2 aliphatic rings. The van der Waals surface area contributed by atoms with Gasteiger partial charge < -0.3 is 19.9 Å². The van der Waals surface area contributed by atoms with E-state index in [9.17, 15) is 0 Å². The highest BCUT2D eigenvalue weighted by Gasteiger charge is 2.14. The fourth-order valence-corrected chi connectivity index (χ4v) is 2.70. The van der Waals surface area contributed by atoms with Crippen molar-refractivity contribution >= 4 is 5.69 Å². The number of rotatable bonds is 3. The van der Waals surface area contributed by atoms with Gasteiger partial charge in [0.1, 0.15) is 12.4 Å². The van der Waals surface area contributed by atoms with Gasteiger partial charge in [0.25, 0.3) is 0 Å². The van der Waals surface area contributed by atoms with Gasteiger partial charge in [-0.05, 0) is 31.2 Å². The van der Waals surface area contributed by atoms with Gasteiger partial charge in [-0.25, -0.2) is 0 Å². The summed E-state index contributed by atoms with van der Waals surface area (Å²) in [5, 5.41) is 3.40. The van der Waals surface area contributed by atoms with Gasteiger partial charge in [-0.2, -0.15) is 0 Å². The van der Waals surface area contributed by atoms with E-state index in [4.69, 9.17) is 4.74 Å². The number of ether oxygens (including phenoxy) is 1. The van der Waals surface area contributed by atoms with Crippen LogP contribution in [0.15, 0.2) is 18.2 Å². The second kappa shape index (κ2) is 5.80. The Hall–Kier alpha value is -1.26. The molecule has 1 aromatic carbocycles. The summed E-state index contributed by atoms with van der Waals surface area (Å²) in [4.78, 5) is 4.96. The molecule has 1 aromatic rings. The molecule has 0 aromatic heterocycles. The summed E-state index contributed by atoms with van der Waals surface area (Å²) < 4.78 is 5.61. The first-order chi connectivity index (χ1) is 9.31. The molecule has 0 spiro atoms. The molecule has 0 aliphatic carbocycles. The zero-order valence-electron chi connectivity index (χ0n) is 11.7. The summed E-state index contributed by atoms with van der Waals surface area (Å²) in [7, 11) is 2.20. The Morgan fingerprint density at radius 2 is 2.05 bits per heavy atom. The van der Waals surface area contributed by atoms with Gasteiger partial charge in [-0.3, -0.25) is 0 Å². The summed E-state index contributed by atoms with van der Waals surface area (Å²) in [6.45, 7) is 7.63. The number of likely N-dealkylation sites (N-methyl/N-ethyl adjacent to an activating group) is 1. The van der Waals surface area contributed by atoms with E-state index in [0.717, 1.165) is 37.6 Å². The molecule has 104 valence electrons. The fraction of sp³-hybridized carbons (Fsp3) is 0.600. The van der Waals surface area contributed by atoms with Crippen molar-refractivity contribution in [2.24, 2.45) is 0 Å². The smallest absolute Gasteiger partial charge is 0.142 e. The lowest BCUT2D eigenvalue weighted by Gasteiger charge is -2.32. The molecule has 3 rings (SSSR count). The molecule has 0 radical (unpaired) electrons. The van der Waals surface area contributed by atoms with E-state index in [2.05, 4.69) is 40.4 Å². The number of nitrogens with zero attached hydrogens (tertiary/aromatic N) is 2. The first kappa shape index (κ1) is 12.8. The number of benzene rings is 1.